The van der Waals surface area contributed by atoms with Crippen molar-refractivity contribution in [2.45, 2.75) is 26.1 Å². The first-order valence-electron chi connectivity index (χ1n) is 7.05. The molecule has 2 heterocycles. The summed E-state index contributed by atoms with van der Waals surface area (Å²) in [5.41, 5.74) is 3.04. The van der Waals surface area contributed by atoms with Gasteiger partial charge in [0.15, 0.2) is 0 Å². The van der Waals surface area contributed by atoms with Crippen molar-refractivity contribution in [2.24, 2.45) is 0 Å². The van der Waals surface area contributed by atoms with Crippen molar-refractivity contribution >= 4 is 11.6 Å². The van der Waals surface area contributed by atoms with Gasteiger partial charge in [0, 0.05) is 30.2 Å². The number of nitrogens with zero attached hydrogens (tertiary/aromatic N) is 2. The number of hydrogen-bond acceptors (Lipinski definition) is 3. The zero-order valence-corrected chi connectivity index (χ0v) is 12.4. The number of aliphatic hydroxyl groups excluding tert-OH is 1. The lowest BCUT2D eigenvalue weighted by atomic mass is 10.1. The molecular weight excluding hydrogens is 290 g/mol. The second kappa shape index (κ2) is 6.05. The quantitative estimate of drug-likeness (QED) is 0.897. The second-order valence-electron chi connectivity index (χ2n) is 5.34. The van der Waals surface area contributed by atoms with E-state index in [9.17, 15) is 4.79 Å². The van der Waals surface area contributed by atoms with Crippen LogP contribution in [0.5, 0.6) is 0 Å². The third-order valence-corrected chi connectivity index (χ3v) is 4.09. The van der Waals surface area contributed by atoms with E-state index in [1.807, 2.05) is 24.3 Å². The number of halogens is 1. The summed E-state index contributed by atoms with van der Waals surface area (Å²) in [6.07, 6.45) is 0.747. The van der Waals surface area contributed by atoms with Crippen molar-refractivity contribution in [3.8, 4) is 0 Å². The van der Waals surface area contributed by atoms with Crippen molar-refractivity contribution in [1.82, 2.24) is 14.7 Å². The van der Waals surface area contributed by atoms with Gasteiger partial charge in [0.2, 0.25) is 0 Å². The Bertz CT molecular complexity index is 675. The van der Waals surface area contributed by atoms with Gasteiger partial charge in [0.1, 0.15) is 0 Å². The smallest absolute Gasteiger partial charge is 0.270 e. The van der Waals surface area contributed by atoms with Crippen LogP contribution in [0, 0.1) is 0 Å². The first kappa shape index (κ1) is 14.4. The largest absolute Gasteiger partial charge is 0.394 e. The molecule has 6 heteroatoms. The Labute approximate surface area is 127 Å². The fourth-order valence-electron chi connectivity index (χ4n) is 2.77. The highest BCUT2D eigenvalue weighted by molar-refractivity contribution is 6.30. The summed E-state index contributed by atoms with van der Waals surface area (Å²) in [5.74, 6) is 0. The number of H-pyrrole nitrogens is 1. The number of aromatic amines is 1. The van der Waals surface area contributed by atoms with Crippen molar-refractivity contribution in [2.75, 3.05) is 13.2 Å². The Morgan fingerprint density at radius 1 is 1.29 bits per heavy atom. The predicted molar refractivity (Wildman–Crippen MR) is 81.4 cm³/mol. The fraction of sp³-hybridized carbons (Fsp3) is 0.400. The van der Waals surface area contributed by atoms with Crippen LogP contribution < -0.4 is 5.56 Å². The SMILES string of the molecule is O=c1c2c([nH]n1CCO)CN(Cc1ccc(Cl)cc1)CC2. The van der Waals surface area contributed by atoms with Crippen LogP contribution in [0.1, 0.15) is 16.8 Å². The molecule has 1 aliphatic heterocycles. The molecule has 0 unspecified atom stereocenters. The van der Waals surface area contributed by atoms with Crippen LogP contribution in [0.2, 0.25) is 5.02 Å². The minimum atomic E-state index is -0.0339. The molecule has 0 amide bonds. The van der Waals surface area contributed by atoms with Gasteiger partial charge in [-0.15, -0.1) is 0 Å². The molecule has 0 spiro atoms. The highest BCUT2D eigenvalue weighted by Gasteiger charge is 2.22. The van der Waals surface area contributed by atoms with E-state index in [1.54, 1.807) is 0 Å². The molecule has 1 aromatic heterocycles. The van der Waals surface area contributed by atoms with E-state index in [0.29, 0.717) is 6.54 Å². The second-order valence-corrected chi connectivity index (χ2v) is 5.77. The molecule has 0 saturated heterocycles. The first-order valence-corrected chi connectivity index (χ1v) is 7.43. The molecule has 21 heavy (non-hydrogen) atoms. The van der Waals surface area contributed by atoms with Crippen LogP contribution in [0.4, 0.5) is 0 Å². The maximum atomic E-state index is 12.1. The van der Waals surface area contributed by atoms with Gasteiger partial charge in [-0.05, 0) is 24.1 Å². The Morgan fingerprint density at radius 3 is 2.76 bits per heavy atom. The summed E-state index contributed by atoms with van der Waals surface area (Å²) in [6.45, 7) is 2.72. The number of aliphatic hydroxyl groups is 1. The summed E-state index contributed by atoms with van der Waals surface area (Å²) in [5, 5.41) is 12.8. The minimum Gasteiger partial charge on any atom is -0.394 e. The number of hydrogen-bond donors (Lipinski definition) is 2. The van der Waals surface area contributed by atoms with Crippen LogP contribution in [-0.4, -0.2) is 32.9 Å². The summed E-state index contributed by atoms with van der Waals surface area (Å²) in [7, 11) is 0. The number of rotatable bonds is 4. The van der Waals surface area contributed by atoms with Crippen molar-refractivity contribution < 1.29 is 5.11 Å². The molecule has 2 aromatic rings. The van der Waals surface area contributed by atoms with Gasteiger partial charge in [-0.2, -0.15) is 0 Å². The van der Waals surface area contributed by atoms with Crippen molar-refractivity contribution in [3.63, 3.8) is 0 Å². The Hall–Kier alpha value is -1.56. The van der Waals surface area contributed by atoms with E-state index < -0.39 is 0 Å². The molecule has 1 aromatic carbocycles. The molecular formula is C15H18ClN3O2. The van der Waals surface area contributed by atoms with Crippen molar-refractivity contribution in [3.05, 3.63) is 56.5 Å². The standard InChI is InChI=1S/C15H18ClN3O2/c16-12-3-1-11(2-4-12)9-18-6-5-13-14(10-18)17-19(7-8-20)15(13)21/h1-4,17,20H,5-10H2. The minimum absolute atomic E-state index is 0.00481. The summed E-state index contributed by atoms with van der Waals surface area (Å²) in [4.78, 5) is 14.4. The normalized spacial score (nSPS) is 15.1. The lowest BCUT2D eigenvalue weighted by Crippen LogP contribution is -2.31. The first-order chi connectivity index (χ1) is 10.2. The van der Waals surface area contributed by atoms with E-state index >= 15 is 0 Å². The topological polar surface area (TPSA) is 61.3 Å². The summed E-state index contributed by atoms with van der Waals surface area (Å²) >= 11 is 5.89. The number of benzene rings is 1. The molecule has 0 aliphatic carbocycles. The highest BCUT2D eigenvalue weighted by Crippen LogP contribution is 2.18. The zero-order chi connectivity index (χ0) is 14.8. The van der Waals surface area contributed by atoms with Gasteiger partial charge in [-0.3, -0.25) is 19.5 Å². The van der Waals surface area contributed by atoms with Crippen molar-refractivity contribution in [1.29, 1.82) is 0 Å². The van der Waals surface area contributed by atoms with E-state index in [-0.39, 0.29) is 12.2 Å². The summed E-state index contributed by atoms with van der Waals surface area (Å²) in [6, 6.07) is 7.84. The molecule has 0 bridgehead atoms. The number of nitrogens with one attached hydrogen (secondary N) is 1. The van der Waals surface area contributed by atoms with Crippen LogP contribution in [0.15, 0.2) is 29.1 Å². The van der Waals surface area contributed by atoms with Crippen LogP contribution in [0.3, 0.4) is 0 Å². The van der Waals surface area contributed by atoms with E-state index in [2.05, 4.69) is 10.00 Å². The lowest BCUT2D eigenvalue weighted by molar-refractivity contribution is 0.240. The van der Waals surface area contributed by atoms with Gasteiger partial charge in [0.05, 0.1) is 18.8 Å². The molecule has 0 saturated carbocycles. The van der Waals surface area contributed by atoms with E-state index in [1.165, 1.54) is 10.2 Å². The molecule has 1 aliphatic rings. The highest BCUT2D eigenvalue weighted by atomic mass is 35.5. The van der Waals surface area contributed by atoms with E-state index in [4.69, 9.17) is 16.7 Å². The molecule has 0 fully saturated rings. The molecule has 2 N–H and O–H groups in total. The fourth-order valence-corrected chi connectivity index (χ4v) is 2.90. The number of fused-ring (bicyclic) bond motifs is 1. The molecule has 112 valence electrons. The predicted octanol–water partition coefficient (Wildman–Crippen LogP) is 1.38. The zero-order valence-electron chi connectivity index (χ0n) is 11.7. The summed E-state index contributed by atoms with van der Waals surface area (Å²) < 4.78 is 1.50. The number of aromatic nitrogens is 2. The van der Waals surface area contributed by atoms with Gasteiger partial charge >= 0.3 is 0 Å². The maximum Gasteiger partial charge on any atom is 0.270 e. The maximum absolute atomic E-state index is 12.1. The molecule has 5 nitrogen and oxygen atoms in total. The van der Waals surface area contributed by atoms with Gasteiger partial charge in [0.25, 0.3) is 5.56 Å². The Kier molecular flexibility index (Phi) is 4.14. The van der Waals surface area contributed by atoms with Gasteiger partial charge in [-0.1, -0.05) is 23.7 Å². The molecule has 0 atom stereocenters. The molecule has 0 radical (unpaired) electrons. The van der Waals surface area contributed by atoms with Gasteiger partial charge < -0.3 is 5.11 Å². The van der Waals surface area contributed by atoms with E-state index in [0.717, 1.165) is 42.3 Å². The average molecular weight is 308 g/mol. The van der Waals surface area contributed by atoms with Crippen LogP contribution in [-0.2, 0) is 26.1 Å². The van der Waals surface area contributed by atoms with Crippen LogP contribution in [0.25, 0.3) is 0 Å². The average Bonchev–Trinajstić information content (AvgIpc) is 2.78. The van der Waals surface area contributed by atoms with Gasteiger partial charge in [-0.25, -0.2) is 0 Å². The Balaban J connectivity index is 1.73. The van der Waals surface area contributed by atoms with Crippen LogP contribution >= 0.6 is 11.6 Å². The Morgan fingerprint density at radius 2 is 2.05 bits per heavy atom. The third-order valence-electron chi connectivity index (χ3n) is 3.84. The lowest BCUT2D eigenvalue weighted by Gasteiger charge is -2.25. The molecule has 3 rings (SSSR count). The monoisotopic (exact) mass is 307 g/mol. The third kappa shape index (κ3) is 3.05.